The summed E-state index contributed by atoms with van der Waals surface area (Å²) in [5.41, 5.74) is 4.37. The Morgan fingerprint density at radius 3 is 2.00 bits per heavy atom. The predicted octanol–water partition coefficient (Wildman–Crippen LogP) is 4.49. The van der Waals surface area contributed by atoms with Crippen molar-refractivity contribution in [3.05, 3.63) is 108 Å². The van der Waals surface area contributed by atoms with Crippen molar-refractivity contribution in [2.75, 3.05) is 0 Å². The number of aryl methyl sites for hydroxylation is 1. The molecule has 2 heterocycles. The number of benzene rings is 2. The fourth-order valence-corrected chi connectivity index (χ4v) is 3.33. The van der Waals surface area contributed by atoms with Crippen LogP contribution in [0.2, 0.25) is 0 Å². The first-order valence-corrected chi connectivity index (χ1v) is 9.03. The van der Waals surface area contributed by atoms with Gasteiger partial charge in [0.2, 0.25) is 0 Å². The Hall–Kier alpha value is -3.40. The number of aromatic nitrogens is 2. The van der Waals surface area contributed by atoms with Crippen LogP contribution in [0.3, 0.4) is 0 Å². The molecule has 0 unspecified atom stereocenters. The zero-order chi connectivity index (χ0) is 18.6. The lowest BCUT2D eigenvalue weighted by atomic mass is 10.1. The summed E-state index contributed by atoms with van der Waals surface area (Å²) in [6.45, 7) is 2.99. The van der Waals surface area contributed by atoms with Crippen LogP contribution in [0.4, 0.5) is 0 Å². The molecule has 0 saturated heterocycles. The molecular formula is C23H21N3O. The third-order valence-electron chi connectivity index (χ3n) is 4.63. The molecule has 2 aromatic carbocycles. The SMILES string of the molecule is Cc1nc2ccccn2c1C(=O)N(Cc1ccccc1)Cc1ccccc1. The van der Waals surface area contributed by atoms with Crippen molar-refractivity contribution < 1.29 is 4.79 Å². The summed E-state index contributed by atoms with van der Waals surface area (Å²) < 4.78 is 1.88. The van der Waals surface area contributed by atoms with Crippen LogP contribution in [-0.4, -0.2) is 20.2 Å². The number of hydrogen-bond donors (Lipinski definition) is 0. The highest BCUT2D eigenvalue weighted by Gasteiger charge is 2.23. The van der Waals surface area contributed by atoms with Gasteiger partial charge in [-0.15, -0.1) is 0 Å². The monoisotopic (exact) mass is 355 g/mol. The number of amides is 1. The number of fused-ring (bicyclic) bond motifs is 1. The van der Waals surface area contributed by atoms with Gasteiger partial charge in [0.1, 0.15) is 11.3 Å². The number of nitrogens with zero attached hydrogens (tertiary/aromatic N) is 3. The van der Waals surface area contributed by atoms with Gasteiger partial charge in [-0.05, 0) is 30.2 Å². The van der Waals surface area contributed by atoms with E-state index in [9.17, 15) is 4.79 Å². The van der Waals surface area contributed by atoms with Crippen molar-refractivity contribution in [2.24, 2.45) is 0 Å². The first-order valence-electron chi connectivity index (χ1n) is 9.03. The molecule has 0 aliphatic heterocycles. The van der Waals surface area contributed by atoms with E-state index in [0.29, 0.717) is 18.8 Å². The Morgan fingerprint density at radius 1 is 0.852 bits per heavy atom. The largest absolute Gasteiger partial charge is 0.329 e. The Kier molecular flexibility index (Phi) is 4.71. The molecule has 0 atom stereocenters. The van der Waals surface area contributed by atoms with Crippen LogP contribution in [0.5, 0.6) is 0 Å². The first kappa shape index (κ1) is 17.0. The summed E-state index contributed by atoms with van der Waals surface area (Å²) in [6.07, 6.45) is 1.89. The molecule has 4 rings (SSSR count). The van der Waals surface area contributed by atoms with Gasteiger partial charge in [-0.25, -0.2) is 4.98 Å². The van der Waals surface area contributed by atoms with E-state index in [1.165, 1.54) is 0 Å². The summed E-state index contributed by atoms with van der Waals surface area (Å²) in [6, 6.07) is 25.9. The number of imidazole rings is 1. The smallest absolute Gasteiger partial charge is 0.273 e. The van der Waals surface area contributed by atoms with Gasteiger partial charge in [0.25, 0.3) is 5.91 Å². The van der Waals surface area contributed by atoms with Crippen molar-refractivity contribution in [2.45, 2.75) is 20.0 Å². The van der Waals surface area contributed by atoms with Gasteiger partial charge in [0, 0.05) is 19.3 Å². The third-order valence-corrected chi connectivity index (χ3v) is 4.63. The van der Waals surface area contributed by atoms with E-state index in [-0.39, 0.29) is 5.91 Å². The maximum atomic E-state index is 13.5. The maximum absolute atomic E-state index is 13.5. The second-order valence-electron chi connectivity index (χ2n) is 6.61. The summed E-state index contributed by atoms with van der Waals surface area (Å²) >= 11 is 0. The lowest BCUT2D eigenvalue weighted by molar-refractivity contribution is 0.0722. The van der Waals surface area contributed by atoms with Gasteiger partial charge in [0.15, 0.2) is 0 Å². The number of rotatable bonds is 5. The molecule has 0 aliphatic rings. The van der Waals surface area contributed by atoms with Crippen molar-refractivity contribution in [1.82, 2.24) is 14.3 Å². The van der Waals surface area contributed by atoms with E-state index < -0.39 is 0 Å². The Balaban J connectivity index is 1.72. The third kappa shape index (κ3) is 3.60. The number of carbonyl (C=O) groups is 1. The van der Waals surface area contributed by atoms with E-state index in [4.69, 9.17) is 0 Å². The molecule has 0 radical (unpaired) electrons. The molecule has 0 bridgehead atoms. The molecule has 4 heteroatoms. The molecule has 0 aliphatic carbocycles. The Labute approximate surface area is 158 Å². The average Bonchev–Trinajstić information content (AvgIpc) is 3.04. The van der Waals surface area contributed by atoms with Crippen LogP contribution < -0.4 is 0 Å². The molecule has 4 nitrogen and oxygen atoms in total. The molecule has 0 spiro atoms. The molecule has 27 heavy (non-hydrogen) atoms. The van der Waals surface area contributed by atoms with Crippen LogP contribution in [0.25, 0.3) is 5.65 Å². The van der Waals surface area contributed by atoms with Crippen molar-refractivity contribution in [1.29, 1.82) is 0 Å². The second-order valence-corrected chi connectivity index (χ2v) is 6.61. The fraction of sp³-hybridized carbons (Fsp3) is 0.130. The minimum absolute atomic E-state index is 0.0149. The number of pyridine rings is 1. The number of carbonyl (C=O) groups excluding carboxylic acids is 1. The van der Waals surface area contributed by atoms with Gasteiger partial charge in [0.05, 0.1) is 5.69 Å². The molecule has 2 aromatic heterocycles. The van der Waals surface area contributed by atoms with E-state index in [2.05, 4.69) is 4.98 Å². The maximum Gasteiger partial charge on any atom is 0.273 e. The summed E-state index contributed by atoms with van der Waals surface area (Å²) in [5.74, 6) is -0.0149. The minimum atomic E-state index is -0.0149. The van der Waals surface area contributed by atoms with Crippen molar-refractivity contribution >= 4 is 11.6 Å². The normalized spacial score (nSPS) is 10.9. The quantitative estimate of drug-likeness (QED) is 0.529. The van der Waals surface area contributed by atoms with Crippen LogP contribution in [0, 0.1) is 6.92 Å². The highest BCUT2D eigenvalue weighted by atomic mass is 16.2. The highest BCUT2D eigenvalue weighted by molar-refractivity contribution is 5.94. The zero-order valence-electron chi connectivity index (χ0n) is 15.2. The van der Waals surface area contributed by atoms with Gasteiger partial charge in [-0.2, -0.15) is 0 Å². The molecule has 0 fully saturated rings. The van der Waals surface area contributed by atoms with Gasteiger partial charge >= 0.3 is 0 Å². The van der Waals surface area contributed by atoms with Crippen LogP contribution >= 0.6 is 0 Å². The van der Waals surface area contributed by atoms with Crippen LogP contribution in [-0.2, 0) is 13.1 Å². The lowest BCUT2D eigenvalue weighted by Crippen LogP contribution is -2.31. The van der Waals surface area contributed by atoms with Gasteiger partial charge in [-0.1, -0.05) is 66.7 Å². The van der Waals surface area contributed by atoms with E-state index in [0.717, 1.165) is 22.5 Å². The van der Waals surface area contributed by atoms with Gasteiger partial charge < -0.3 is 4.90 Å². The molecule has 0 saturated carbocycles. The summed E-state index contributed by atoms with van der Waals surface area (Å²) in [5, 5.41) is 0. The molecule has 0 N–H and O–H groups in total. The molecule has 1 amide bonds. The average molecular weight is 355 g/mol. The fourth-order valence-electron chi connectivity index (χ4n) is 3.33. The molecule has 134 valence electrons. The van der Waals surface area contributed by atoms with Crippen LogP contribution in [0.15, 0.2) is 85.1 Å². The van der Waals surface area contributed by atoms with E-state index in [1.807, 2.05) is 101 Å². The Bertz CT molecular complexity index is 1010. The number of hydrogen-bond acceptors (Lipinski definition) is 2. The highest BCUT2D eigenvalue weighted by Crippen LogP contribution is 2.18. The van der Waals surface area contributed by atoms with E-state index in [1.54, 1.807) is 0 Å². The standard InChI is InChI=1S/C23H21N3O/c1-18-22(26-15-9-8-14-21(26)24-18)23(27)25(16-19-10-4-2-5-11-19)17-20-12-6-3-7-13-20/h2-15H,16-17H2,1H3. The van der Waals surface area contributed by atoms with Crippen molar-refractivity contribution in [3.63, 3.8) is 0 Å². The lowest BCUT2D eigenvalue weighted by Gasteiger charge is -2.23. The summed E-state index contributed by atoms with van der Waals surface area (Å²) in [4.78, 5) is 19.9. The van der Waals surface area contributed by atoms with Gasteiger partial charge in [-0.3, -0.25) is 9.20 Å². The molecule has 4 aromatic rings. The van der Waals surface area contributed by atoms with Crippen LogP contribution in [0.1, 0.15) is 27.3 Å². The second kappa shape index (κ2) is 7.46. The molecular weight excluding hydrogens is 334 g/mol. The zero-order valence-corrected chi connectivity index (χ0v) is 15.2. The first-order chi connectivity index (χ1) is 13.2. The minimum Gasteiger partial charge on any atom is -0.329 e. The van der Waals surface area contributed by atoms with E-state index >= 15 is 0 Å². The summed E-state index contributed by atoms with van der Waals surface area (Å²) in [7, 11) is 0. The predicted molar refractivity (Wildman–Crippen MR) is 106 cm³/mol. The van der Waals surface area contributed by atoms with Crippen molar-refractivity contribution in [3.8, 4) is 0 Å². The topological polar surface area (TPSA) is 37.6 Å². The Morgan fingerprint density at radius 2 is 1.41 bits per heavy atom.